The van der Waals surface area contributed by atoms with Crippen LogP contribution in [-0.2, 0) is 6.54 Å². The summed E-state index contributed by atoms with van der Waals surface area (Å²) in [5, 5.41) is 14.0. The van der Waals surface area contributed by atoms with Crippen LogP contribution in [0.15, 0.2) is 40.9 Å². The van der Waals surface area contributed by atoms with E-state index < -0.39 is 10.7 Å². The number of benzene rings is 2. The Morgan fingerprint density at radius 3 is 2.65 bits per heavy atom. The molecule has 0 bridgehead atoms. The molecule has 0 saturated heterocycles. The first-order valence-electron chi connectivity index (χ1n) is 5.59. The topological polar surface area (TPSA) is 55.2 Å². The second-order valence-electron chi connectivity index (χ2n) is 4.01. The first kappa shape index (κ1) is 14.7. The van der Waals surface area contributed by atoms with E-state index >= 15 is 0 Å². The van der Waals surface area contributed by atoms with Crippen molar-refractivity contribution in [2.45, 2.75) is 6.54 Å². The molecule has 7 heteroatoms. The van der Waals surface area contributed by atoms with Gasteiger partial charge in [0.25, 0.3) is 5.69 Å². The van der Waals surface area contributed by atoms with Gasteiger partial charge in [0.2, 0.25) is 0 Å². The lowest BCUT2D eigenvalue weighted by Crippen LogP contribution is -2.02. The van der Waals surface area contributed by atoms with E-state index in [1.54, 1.807) is 24.3 Å². The van der Waals surface area contributed by atoms with Crippen LogP contribution in [-0.4, -0.2) is 4.92 Å². The van der Waals surface area contributed by atoms with Crippen LogP contribution in [0.5, 0.6) is 0 Å². The summed E-state index contributed by atoms with van der Waals surface area (Å²) in [6.45, 7) is 0.257. The van der Waals surface area contributed by atoms with Crippen molar-refractivity contribution in [2.75, 3.05) is 5.32 Å². The van der Waals surface area contributed by atoms with Crippen molar-refractivity contribution in [3.8, 4) is 0 Å². The Morgan fingerprint density at radius 1 is 1.30 bits per heavy atom. The summed E-state index contributed by atoms with van der Waals surface area (Å²) >= 11 is 8.80. The number of halogens is 3. The van der Waals surface area contributed by atoms with Gasteiger partial charge in [-0.05, 0) is 40.2 Å². The third kappa shape index (κ3) is 3.46. The third-order valence-electron chi connectivity index (χ3n) is 2.64. The molecular formula is C13H9BrClFN2O2. The second kappa shape index (κ2) is 6.19. The number of rotatable bonds is 4. The smallest absolute Gasteiger partial charge is 0.283 e. The van der Waals surface area contributed by atoms with Crippen LogP contribution >= 0.6 is 27.5 Å². The Labute approximate surface area is 127 Å². The summed E-state index contributed by atoms with van der Waals surface area (Å²) in [5.74, 6) is -0.397. The maximum absolute atomic E-state index is 13.6. The molecule has 0 spiro atoms. The number of hydrogen-bond acceptors (Lipinski definition) is 3. The highest BCUT2D eigenvalue weighted by atomic mass is 79.9. The molecular weight excluding hydrogens is 351 g/mol. The van der Waals surface area contributed by atoms with Gasteiger partial charge in [-0.25, -0.2) is 4.39 Å². The summed E-state index contributed by atoms with van der Waals surface area (Å²) in [7, 11) is 0. The number of nitro benzene ring substituents is 1. The van der Waals surface area contributed by atoms with Crippen LogP contribution in [0.2, 0.25) is 5.02 Å². The number of anilines is 1. The summed E-state index contributed by atoms with van der Waals surface area (Å²) in [6, 6.07) is 8.95. The maximum atomic E-state index is 13.6. The van der Waals surface area contributed by atoms with Crippen molar-refractivity contribution in [1.29, 1.82) is 0 Å². The molecule has 0 aliphatic rings. The zero-order valence-electron chi connectivity index (χ0n) is 10.1. The van der Waals surface area contributed by atoms with E-state index in [0.29, 0.717) is 20.7 Å². The molecule has 0 fully saturated rings. The molecule has 104 valence electrons. The molecule has 20 heavy (non-hydrogen) atoms. The normalized spacial score (nSPS) is 10.3. The van der Waals surface area contributed by atoms with Crippen LogP contribution < -0.4 is 5.32 Å². The molecule has 0 aliphatic carbocycles. The highest BCUT2D eigenvalue weighted by Gasteiger charge is 2.11. The largest absolute Gasteiger partial charge is 0.381 e. The molecule has 0 radical (unpaired) electrons. The Hall–Kier alpha value is -1.66. The number of nitrogens with zero attached hydrogens (tertiary/aromatic N) is 1. The molecule has 0 aromatic heterocycles. The summed E-state index contributed by atoms with van der Waals surface area (Å²) in [6.07, 6.45) is 0. The van der Waals surface area contributed by atoms with Gasteiger partial charge >= 0.3 is 0 Å². The lowest BCUT2D eigenvalue weighted by atomic mass is 10.2. The highest BCUT2D eigenvalue weighted by Crippen LogP contribution is 2.28. The van der Waals surface area contributed by atoms with Crippen molar-refractivity contribution in [1.82, 2.24) is 0 Å². The summed E-state index contributed by atoms with van der Waals surface area (Å²) < 4.78 is 13.9. The number of nitro groups is 1. The van der Waals surface area contributed by atoms with Crippen LogP contribution in [0.25, 0.3) is 0 Å². The van der Waals surface area contributed by atoms with Gasteiger partial charge < -0.3 is 5.32 Å². The minimum absolute atomic E-state index is 0.0202. The minimum atomic E-state index is -0.479. The zero-order chi connectivity index (χ0) is 14.7. The average Bonchev–Trinajstić information content (AvgIpc) is 2.37. The molecule has 0 aliphatic heterocycles. The van der Waals surface area contributed by atoms with Crippen molar-refractivity contribution in [3.05, 3.63) is 67.4 Å². The predicted molar refractivity (Wildman–Crippen MR) is 79.5 cm³/mol. The second-order valence-corrected chi connectivity index (χ2v) is 5.30. The molecule has 0 saturated carbocycles. The SMILES string of the molecule is O=[N+]([O-])c1ccc(NCc2ccc(Cl)cc2F)cc1Br. The molecule has 2 aromatic rings. The van der Waals surface area contributed by atoms with Crippen LogP contribution in [0, 0.1) is 15.9 Å². The van der Waals surface area contributed by atoms with Crippen LogP contribution in [0.3, 0.4) is 0 Å². The first-order chi connectivity index (χ1) is 9.47. The van der Waals surface area contributed by atoms with Gasteiger partial charge in [-0.1, -0.05) is 17.7 Å². The molecule has 0 amide bonds. The minimum Gasteiger partial charge on any atom is -0.381 e. The van der Waals surface area contributed by atoms with E-state index in [-0.39, 0.29) is 12.2 Å². The molecule has 0 heterocycles. The fourth-order valence-corrected chi connectivity index (χ4v) is 2.31. The number of hydrogen-bond donors (Lipinski definition) is 1. The van der Waals surface area contributed by atoms with E-state index in [0.717, 1.165) is 0 Å². The van der Waals surface area contributed by atoms with Crippen molar-refractivity contribution in [3.63, 3.8) is 0 Å². The summed E-state index contributed by atoms with van der Waals surface area (Å²) in [4.78, 5) is 10.2. The Bertz CT molecular complexity index is 667. The standard InChI is InChI=1S/C13H9BrClFN2O2/c14-11-6-10(3-4-13(11)18(19)20)17-7-8-1-2-9(15)5-12(8)16/h1-6,17H,7H2. The van der Waals surface area contributed by atoms with Crippen LogP contribution in [0.4, 0.5) is 15.8 Å². The Balaban J connectivity index is 2.11. The summed E-state index contributed by atoms with van der Waals surface area (Å²) in [5.41, 5.74) is 1.09. The van der Waals surface area contributed by atoms with Gasteiger partial charge in [-0.2, -0.15) is 0 Å². The van der Waals surface area contributed by atoms with Gasteiger partial charge in [0.1, 0.15) is 5.82 Å². The molecule has 0 atom stereocenters. The Morgan fingerprint density at radius 2 is 2.05 bits per heavy atom. The van der Waals surface area contributed by atoms with Gasteiger partial charge in [-0.3, -0.25) is 10.1 Å². The van der Waals surface area contributed by atoms with E-state index in [1.165, 1.54) is 12.1 Å². The van der Waals surface area contributed by atoms with Gasteiger partial charge in [0, 0.05) is 28.9 Å². The number of nitrogens with one attached hydrogen (secondary N) is 1. The van der Waals surface area contributed by atoms with Crippen molar-refractivity contribution < 1.29 is 9.31 Å². The lowest BCUT2D eigenvalue weighted by Gasteiger charge is -2.08. The molecule has 2 aromatic carbocycles. The molecule has 2 rings (SSSR count). The van der Waals surface area contributed by atoms with E-state index in [2.05, 4.69) is 21.2 Å². The van der Waals surface area contributed by atoms with Crippen molar-refractivity contribution in [2.24, 2.45) is 0 Å². The average molecular weight is 360 g/mol. The fourth-order valence-electron chi connectivity index (χ4n) is 1.63. The van der Waals surface area contributed by atoms with E-state index in [9.17, 15) is 14.5 Å². The fraction of sp³-hybridized carbons (Fsp3) is 0.0769. The monoisotopic (exact) mass is 358 g/mol. The van der Waals surface area contributed by atoms with Crippen molar-refractivity contribution >= 4 is 38.9 Å². The van der Waals surface area contributed by atoms with E-state index in [4.69, 9.17) is 11.6 Å². The van der Waals surface area contributed by atoms with E-state index in [1.807, 2.05) is 0 Å². The van der Waals surface area contributed by atoms with Crippen LogP contribution in [0.1, 0.15) is 5.56 Å². The maximum Gasteiger partial charge on any atom is 0.283 e. The highest BCUT2D eigenvalue weighted by molar-refractivity contribution is 9.10. The predicted octanol–water partition coefficient (Wildman–Crippen LogP) is 4.76. The quantitative estimate of drug-likeness (QED) is 0.632. The molecule has 0 unspecified atom stereocenters. The van der Waals surface area contributed by atoms with Gasteiger partial charge in [-0.15, -0.1) is 0 Å². The lowest BCUT2D eigenvalue weighted by molar-refractivity contribution is -0.385. The first-order valence-corrected chi connectivity index (χ1v) is 6.76. The molecule has 4 nitrogen and oxygen atoms in total. The molecule has 1 N–H and O–H groups in total. The third-order valence-corrected chi connectivity index (χ3v) is 3.51. The Kier molecular flexibility index (Phi) is 4.57. The van der Waals surface area contributed by atoms with Gasteiger partial charge in [0.05, 0.1) is 9.40 Å². The zero-order valence-corrected chi connectivity index (χ0v) is 12.4. The van der Waals surface area contributed by atoms with Gasteiger partial charge in [0.15, 0.2) is 0 Å².